The van der Waals surface area contributed by atoms with Crippen molar-refractivity contribution in [2.45, 2.75) is 12.8 Å². The number of halogens is 3. The molecule has 1 saturated heterocycles. The molecule has 0 spiro atoms. The van der Waals surface area contributed by atoms with Crippen LogP contribution < -0.4 is 10.2 Å². The van der Waals surface area contributed by atoms with Gasteiger partial charge in [0, 0.05) is 26.2 Å². The predicted octanol–water partition coefficient (Wildman–Crippen LogP) is 1.60. The van der Waals surface area contributed by atoms with Gasteiger partial charge in [-0.25, -0.2) is 14.2 Å². The molecule has 0 saturated carbocycles. The minimum Gasteiger partial charge on any atom is -0.462 e. The summed E-state index contributed by atoms with van der Waals surface area (Å²) in [5, 5.41) is 12.4. The zero-order valence-corrected chi connectivity index (χ0v) is 13.1. The second-order valence-corrected chi connectivity index (χ2v) is 5.16. The van der Waals surface area contributed by atoms with Gasteiger partial charge in [0.15, 0.2) is 6.67 Å². The Balaban J connectivity index is 2.59. The van der Waals surface area contributed by atoms with E-state index < -0.39 is 29.8 Å². The lowest BCUT2D eigenvalue weighted by Gasteiger charge is -2.30. The molecule has 1 aromatic rings. The van der Waals surface area contributed by atoms with Crippen LogP contribution in [0.1, 0.15) is 28.5 Å². The number of alkyl halides is 3. The zero-order valence-electron chi connectivity index (χ0n) is 13.1. The molecule has 1 N–H and O–H groups in total. The van der Waals surface area contributed by atoms with E-state index >= 15 is 0 Å². The van der Waals surface area contributed by atoms with Crippen LogP contribution in [0.4, 0.5) is 19.0 Å². The average Bonchev–Trinajstić information content (AvgIpc) is 2.61. The van der Waals surface area contributed by atoms with E-state index in [1.54, 1.807) is 4.90 Å². The molecule has 1 aliphatic rings. The number of anilines is 1. The Hall–Kier alpha value is -2.34. The van der Waals surface area contributed by atoms with Crippen molar-refractivity contribution in [1.82, 2.24) is 10.3 Å². The third-order valence-electron chi connectivity index (χ3n) is 3.55. The van der Waals surface area contributed by atoms with Crippen molar-refractivity contribution >= 4 is 11.8 Å². The predicted molar refractivity (Wildman–Crippen MR) is 79.9 cm³/mol. The minimum atomic E-state index is -3.95. The standard InChI is InChI=1S/C15H17F3N4O2/c1-2-24-14(23)11-7-10(8-19)13(22-5-3-20-4-6-22)21-12(11)15(17,18)9-16/h7,20H,2-6,9H2,1H3. The summed E-state index contributed by atoms with van der Waals surface area (Å²) in [5.41, 5.74) is -1.62. The number of nitrogens with zero attached hydrogens (tertiary/aromatic N) is 3. The molecule has 0 amide bonds. The van der Waals surface area contributed by atoms with Crippen LogP contribution in [0.15, 0.2) is 6.07 Å². The average molecular weight is 342 g/mol. The monoisotopic (exact) mass is 342 g/mol. The highest BCUT2D eigenvalue weighted by molar-refractivity contribution is 5.92. The van der Waals surface area contributed by atoms with E-state index in [2.05, 4.69) is 10.3 Å². The topological polar surface area (TPSA) is 78.2 Å². The maximum atomic E-state index is 14.0. The normalized spacial score (nSPS) is 15.0. The van der Waals surface area contributed by atoms with E-state index in [4.69, 9.17) is 4.74 Å². The van der Waals surface area contributed by atoms with Crippen molar-refractivity contribution in [3.63, 3.8) is 0 Å². The van der Waals surface area contributed by atoms with Gasteiger partial charge in [-0.3, -0.25) is 0 Å². The summed E-state index contributed by atoms with van der Waals surface area (Å²) >= 11 is 0. The van der Waals surface area contributed by atoms with Crippen LogP contribution in [0.5, 0.6) is 0 Å². The van der Waals surface area contributed by atoms with E-state index in [1.807, 2.05) is 6.07 Å². The van der Waals surface area contributed by atoms with E-state index in [-0.39, 0.29) is 18.0 Å². The molecular weight excluding hydrogens is 325 g/mol. The molecule has 0 radical (unpaired) electrons. The fourth-order valence-corrected chi connectivity index (χ4v) is 2.41. The highest BCUT2D eigenvalue weighted by Gasteiger charge is 2.39. The molecule has 6 nitrogen and oxygen atoms in total. The molecule has 1 aromatic heterocycles. The van der Waals surface area contributed by atoms with Crippen LogP contribution in [0.3, 0.4) is 0 Å². The van der Waals surface area contributed by atoms with E-state index in [0.29, 0.717) is 26.2 Å². The fraction of sp³-hybridized carbons (Fsp3) is 0.533. The maximum Gasteiger partial charge on any atom is 0.340 e. The van der Waals surface area contributed by atoms with Crippen LogP contribution in [0.2, 0.25) is 0 Å². The number of esters is 1. The van der Waals surface area contributed by atoms with Gasteiger partial charge in [0.25, 0.3) is 0 Å². The Morgan fingerprint density at radius 1 is 1.50 bits per heavy atom. The van der Waals surface area contributed by atoms with E-state index in [0.717, 1.165) is 6.07 Å². The highest BCUT2D eigenvalue weighted by atomic mass is 19.3. The Bertz CT molecular complexity index is 655. The molecule has 0 bridgehead atoms. The Kier molecular flexibility index (Phi) is 5.62. The van der Waals surface area contributed by atoms with Crippen molar-refractivity contribution in [2.75, 3.05) is 44.4 Å². The van der Waals surface area contributed by atoms with Crippen LogP contribution >= 0.6 is 0 Å². The van der Waals surface area contributed by atoms with Gasteiger partial charge in [0.05, 0.1) is 17.7 Å². The van der Waals surface area contributed by atoms with Gasteiger partial charge in [-0.2, -0.15) is 14.0 Å². The Morgan fingerprint density at radius 2 is 2.17 bits per heavy atom. The first-order valence-electron chi connectivity index (χ1n) is 7.46. The summed E-state index contributed by atoms with van der Waals surface area (Å²) in [6.45, 7) is 1.59. The van der Waals surface area contributed by atoms with Crippen molar-refractivity contribution in [2.24, 2.45) is 0 Å². The Labute approximate surface area is 137 Å². The number of piperazine rings is 1. The molecule has 2 rings (SSSR count). The van der Waals surface area contributed by atoms with Crippen molar-refractivity contribution in [3.05, 3.63) is 22.9 Å². The minimum absolute atomic E-state index is 0.0233. The molecule has 24 heavy (non-hydrogen) atoms. The smallest absolute Gasteiger partial charge is 0.340 e. The molecule has 0 atom stereocenters. The van der Waals surface area contributed by atoms with Crippen molar-refractivity contribution in [3.8, 4) is 6.07 Å². The number of nitriles is 1. The first-order valence-corrected chi connectivity index (χ1v) is 7.46. The summed E-state index contributed by atoms with van der Waals surface area (Å²) in [4.78, 5) is 17.4. The molecule has 9 heteroatoms. The van der Waals surface area contributed by atoms with E-state index in [9.17, 15) is 23.2 Å². The molecule has 1 fully saturated rings. The summed E-state index contributed by atoms with van der Waals surface area (Å²) in [5.74, 6) is -4.98. The molecule has 2 heterocycles. The van der Waals surface area contributed by atoms with Crippen LogP contribution in [0.25, 0.3) is 0 Å². The second kappa shape index (κ2) is 7.49. The number of ether oxygens (including phenoxy) is 1. The summed E-state index contributed by atoms with van der Waals surface area (Å²) in [6.07, 6.45) is 0. The maximum absolute atomic E-state index is 14.0. The molecule has 0 aromatic carbocycles. The summed E-state index contributed by atoms with van der Waals surface area (Å²) < 4.78 is 45.5. The number of nitrogens with one attached hydrogen (secondary N) is 1. The number of carbonyl (C=O) groups is 1. The van der Waals surface area contributed by atoms with Gasteiger partial charge >= 0.3 is 11.9 Å². The first-order chi connectivity index (χ1) is 11.4. The van der Waals surface area contributed by atoms with Gasteiger partial charge in [-0.05, 0) is 13.0 Å². The summed E-state index contributed by atoms with van der Waals surface area (Å²) in [6, 6.07) is 2.86. The van der Waals surface area contributed by atoms with Crippen LogP contribution in [0, 0.1) is 11.3 Å². The number of pyridine rings is 1. The zero-order chi connectivity index (χ0) is 17.7. The quantitative estimate of drug-likeness (QED) is 0.819. The number of carbonyl (C=O) groups excluding carboxylic acids is 1. The van der Waals surface area contributed by atoms with E-state index in [1.165, 1.54) is 6.92 Å². The number of aromatic nitrogens is 1. The van der Waals surface area contributed by atoms with Gasteiger partial charge in [0.1, 0.15) is 17.6 Å². The number of hydrogen-bond acceptors (Lipinski definition) is 6. The SMILES string of the molecule is CCOC(=O)c1cc(C#N)c(N2CCNCC2)nc1C(F)(F)CF. The number of rotatable bonds is 5. The Morgan fingerprint density at radius 3 is 2.71 bits per heavy atom. The van der Waals surface area contributed by atoms with Crippen molar-refractivity contribution < 1.29 is 22.7 Å². The summed E-state index contributed by atoms with van der Waals surface area (Å²) in [7, 11) is 0. The van der Waals surface area contributed by atoms with Gasteiger partial charge in [-0.1, -0.05) is 0 Å². The fourth-order valence-electron chi connectivity index (χ4n) is 2.41. The molecule has 0 aliphatic carbocycles. The van der Waals surface area contributed by atoms with Crippen LogP contribution in [-0.2, 0) is 10.7 Å². The van der Waals surface area contributed by atoms with Gasteiger partial charge < -0.3 is 15.0 Å². The number of hydrogen-bond donors (Lipinski definition) is 1. The van der Waals surface area contributed by atoms with Crippen molar-refractivity contribution in [1.29, 1.82) is 5.26 Å². The van der Waals surface area contributed by atoms with Gasteiger partial charge in [0.2, 0.25) is 0 Å². The van der Waals surface area contributed by atoms with Gasteiger partial charge in [-0.15, -0.1) is 0 Å². The lowest BCUT2D eigenvalue weighted by atomic mass is 10.1. The third kappa shape index (κ3) is 3.59. The molecule has 0 unspecified atom stereocenters. The lowest BCUT2D eigenvalue weighted by molar-refractivity contribution is -0.0334. The second-order valence-electron chi connectivity index (χ2n) is 5.16. The highest BCUT2D eigenvalue weighted by Crippen LogP contribution is 2.33. The molecule has 130 valence electrons. The largest absolute Gasteiger partial charge is 0.462 e. The molecule has 1 aliphatic heterocycles. The van der Waals surface area contributed by atoms with Crippen LogP contribution in [-0.4, -0.2) is 50.4 Å². The first kappa shape index (κ1) is 18.0. The third-order valence-corrected chi connectivity index (χ3v) is 3.55. The lowest BCUT2D eigenvalue weighted by Crippen LogP contribution is -2.44. The molecular formula is C15H17F3N4O2.